The molecule has 0 bridgehead atoms. The Hall–Kier alpha value is -2.01. The van der Waals surface area contributed by atoms with E-state index in [-0.39, 0.29) is 35.3 Å². The van der Waals surface area contributed by atoms with Crippen molar-refractivity contribution in [3.63, 3.8) is 0 Å². The molecule has 1 N–H and O–H groups in total. The maximum atomic E-state index is 13.0. The van der Waals surface area contributed by atoms with Gasteiger partial charge in [0, 0.05) is 0 Å². The van der Waals surface area contributed by atoms with Crippen molar-refractivity contribution < 1.29 is 26.9 Å². The zero-order valence-corrected chi connectivity index (χ0v) is 35.5. The molecule has 5 unspecified atom stereocenters. The molecule has 0 fully saturated rings. The molecule has 0 aromatic rings. The van der Waals surface area contributed by atoms with Crippen LogP contribution in [0, 0.1) is 91.3 Å². The van der Waals surface area contributed by atoms with Gasteiger partial charge in [-0.1, -0.05) is 98.8 Å². The summed E-state index contributed by atoms with van der Waals surface area (Å²) >= 11 is 0. The van der Waals surface area contributed by atoms with E-state index in [9.17, 15) is 4.80 Å². The van der Waals surface area contributed by atoms with E-state index in [0.717, 1.165) is 0 Å². The average Bonchev–Trinajstić information content (AvgIpc) is 2.89. The standard InChI is InChI=1S/C41H68O6Si2/c1-21-37(16,26-32(6)7)43-48(42,44-38(17,22-2)27-33(8)9)31-49(45-39(18,23-3)28-34(10)11,46-40(19,24-4)29-35(12)13)47-41(20,25-5)30-36(14)15/h1-5,32-36,42H,26-31H2,6-20H3. The van der Waals surface area contributed by atoms with Gasteiger partial charge < -0.3 is 26.9 Å². The van der Waals surface area contributed by atoms with Gasteiger partial charge in [0.05, 0.1) is 5.67 Å². The van der Waals surface area contributed by atoms with E-state index in [1.807, 2.05) is 90.0 Å². The minimum Gasteiger partial charge on any atom is -0.390 e. The zero-order chi connectivity index (χ0) is 38.7. The van der Waals surface area contributed by atoms with E-state index in [4.69, 9.17) is 54.2 Å². The van der Waals surface area contributed by atoms with E-state index < -0.39 is 45.6 Å². The Morgan fingerprint density at radius 1 is 0.429 bits per heavy atom. The largest absolute Gasteiger partial charge is 0.508 e. The van der Waals surface area contributed by atoms with Crippen molar-refractivity contribution in [1.29, 1.82) is 0 Å². The first kappa shape index (κ1) is 47.0. The van der Waals surface area contributed by atoms with Gasteiger partial charge in [-0.25, -0.2) is 0 Å². The van der Waals surface area contributed by atoms with Crippen molar-refractivity contribution in [1.82, 2.24) is 0 Å². The second-order valence-electron chi connectivity index (χ2n) is 16.9. The highest BCUT2D eigenvalue weighted by molar-refractivity contribution is 6.79. The van der Waals surface area contributed by atoms with Gasteiger partial charge in [-0.15, -0.1) is 32.1 Å². The number of terminal acetylenes is 5. The molecule has 0 saturated heterocycles. The molecule has 0 aromatic carbocycles. The lowest BCUT2D eigenvalue weighted by molar-refractivity contribution is -0.0759. The molecule has 0 amide bonds. The zero-order valence-electron chi connectivity index (χ0n) is 33.5. The predicted molar refractivity (Wildman–Crippen MR) is 207 cm³/mol. The Bertz CT molecular complexity index is 1150. The smallest absolute Gasteiger partial charge is 0.390 e. The summed E-state index contributed by atoms with van der Waals surface area (Å²) in [5.41, 5.74) is -6.47. The molecule has 0 radical (unpaired) electrons. The minimum atomic E-state index is -4.59. The van der Waals surface area contributed by atoms with Gasteiger partial charge in [0.2, 0.25) is 0 Å². The molecule has 0 aliphatic carbocycles. The van der Waals surface area contributed by atoms with Gasteiger partial charge >= 0.3 is 17.6 Å². The summed E-state index contributed by atoms with van der Waals surface area (Å²) in [5, 5.41) is 0. The number of hydrogen-bond acceptors (Lipinski definition) is 6. The third kappa shape index (κ3) is 16.3. The highest BCUT2D eigenvalue weighted by atomic mass is 28.5. The predicted octanol–water partition coefficient (Wildman–Crippen LogP) is 8.67. The average molecular weight is 713 g/mol. The quantitative estimate of drug-likeness (QED) is 0.0896. The number of hydrogen-bond donors (Lipinski definition) is 1. The van der Waals surface area contributed by atoms with E-state index in [2.05, 4.69) is 29.6 Å². The molecule has 49 heavy (non-hydrogen) atoms. The van der Waals surface area contributed by atoms with Crippen LogP contribution in [0.3, 0.4) is 0 Å². The lowest BCUT2D eigenvalue weighted by Gasteiger charge is -2.47. The maximum absolute atomic E-state index is 13.0. The van der Waals surface area contributed by atoms with Crippen molar-refractivity contribution in [2.24, 2.45) is 29.6 Å². The molecule has 276 valence electrons. The molecule has 8 heteroatoms. The van der Waals surface area contributed by atoms with Crippen LogP contribution in [0.4, 0.5) is 0 Å². The van der Waals surface area contributed by atoms with Crippen LogP contribution in [0.1, 0.15) is 136 Å². The van der Waals surface area contributed by atoms with Crippen LogP contribution in [-0.2, 0) is 22.1 Å². The first-order valence-electron chi connectivity index (χ1n) is 17.7. The van der Waals surface area contributed by atoms with E-state index in [0.29, 0.717) is 32.1 Å². The highest BCUT2D eigenvalue weighted by Crippen LogP contribution is 2.42. The molecule has 0 aliphatic heterocycles. The monoisotopic (exact) mass is 712 g/mol. The molecule has 0 heterocycles. The summed E-state index contributed by atoms with van der Waals surface area (Å²) in [4.78, 5) is 13.0. The Morgan fingerprint density at radius 2 is 0.612 bits per heavy atom. The second-order valence-corrected chi connectivity index (χ2v) is 22.2. The fourth-order valence-electron chi connectivity index (χ4n) is 6.82. The second kappa shape index (κ2) is 18.5. The summed E-state index contributed by atoms with van der Waals surface area (Å²) in [6.45, 7) is 29.3. The third-order valence-corrected chi connectivity index (χ3v) is 15.2. The molecular weight excluding hydrogens is 645 g/mol. The van der Waals surface area contributed by atoms with Crippen LogP contribution < -0.4 is 0 Å². The maximum Gasteiger partial charge on any atom is 0.508 e. The molecule has 0 saturated carbocycles. The summed E-state index contributed by atoms with van der Waals surface area (Å²) in [6.07, 6.45) is 33.1. The van der Waals surface area contributed by atoms with Crippen LogP contribution >= 0.6 is 0 Å². The first-order valence-corrected chi connectivity index (χ1v) is 21.7. The fraction of sp³-hybridized carbons (Fsp3) is 0.756. The Labute approximate surface area is 304 Å². The topological polar surface area (TPSA) is 66.4 Å². The summed E-state index contributed by atoms with van der Waals surface area (Å²) in [6, 6.07) is 0. The van der Waals surface area contributed by atoms with Crippen molar-refractivity contribution in [2.75, 3.05) is 0 Å². The Morgan fingerprint density at radius 3 is 0.776 bits per heavy atom. The van der Waals surface area contributed by atoms with E-state index in [1.54, 1.807) is 13.8 Å². The van der Waals surface area contributed by atoms with Crippen LogP contribution in [0.15, 0.2) is 0 Å². The molecular formula is C41H68O6Si2. The van der Waals surface area contributed by atoms with Crippen molar-refractivity contribution in [2.45, 2.75) is 170 Å². The van der Waals surface area contributed by atoms with Gasteiger partial charge in [0.15, 0.2) is 0 Å². The molecule has 6 nitrogen and oxygen atoms in total. The fourth-order valence-corrected chi connectivity index (χ4v) is 14.8. The van der Waals surface area contributed by atoms with Gasteiger partial charge in [-0.3, -0.25) is 0 Å². The molecule has 0 rings (SSSR count). The Kier molecular flexibility index (Phi) is 17.7. The number of rotatable bonds is 22. The molecule has 0 spiro atoms. The normalized spacial score (nSPS) is 20.7. The van der Waals surface area contributed by atoms with Crippen molar-refractivity contribution in [3.05, 3.63) is 0 Å². The van der Waals surface area contributed by atoms with Crippen molar-refractivity contribution in [3.8, 4) is 61.7 Å². The van der Waals surface area contributed by atoms with E-state index >= 15 is 0 Å². The SMILES string of the molecule is C#CC(C)(CC(C)C)O[Si](O)(C[Si](OC(C)(C#C)CC(C)C)(OC(C)(C#C)CC(C)C)OC(C)(C#C)CC(C)C)OC(C)(C#C)CC(C)C. The van der Waals surface area contributed by atoms with Crippen LogP contribution in [0.25, 0.3) is 0 Å². The highest BCUT2D eigenvalue weighted by Gasteiger charge is 2.64. The van der Waals surface area contributed by atoms with Gasteiger partial charge in [-0.05, 0) is 96.3 Å². The lowest BCUT2D eigenvalue weighted by Crippen LogP contribution is -2.67. The van der Waals surface area contributed by atoms with Crippen molar-refractivity contribution >= 4 is 17.6 Å². The van der Waals surface area contributed by atoms with Gasteiger partial charge in [0.25, 0.3) is 0 Å². The third-order valence-electron chi connectivity index (χ3n) is 7.87. The minimum absolute atomic E-state index is 0.127. The van der Waals surface area contributed by atoms with Crippen LogP contribution in [0.2, 0.25) is 5.67 Å². The van der Waals surface area contributed by atoms with E-state index in [1.165, 1.54) is 0 Å². The summed E-state index contributed by atoms with van der Waals surface area (Å²) < 4.78 is 34.6. The van der Waals surface area contributed by atoms with Crippen LogP contribution in [-0.4, -0.2) is 50.4 Å². The first-order chi connectivity index (χ1) is 22.1. The molecule has 0 aromatic heterocycles. The van der Waals surface area contributed by atoms with Crippen LogP contribution in [0.5, 0.6) is 0 Å². The summed E-state index contributed by atoms with van der Waals surface area (Å²) in [7, 11) is -9.00. The molecule has 0 aliphatic rings. The van der Waals surface area contributed by atoms with Gasteiger partial charge in [0.1, 0.15) is 28.0 Å². The Balaban J connectivity index is 8.24. The lowest BCUT2D eigenvalue weighted by atomic mass is 9.95. The molecule has 5 atom stereocenters. The van der Waals surface area contributed by atoms with Gasteiger partial charge in [-0.2, -0.15) is 0 Å². The summed E-state index contributed by atoms with van der Waals surface area (Å²) in [5.74, 6) is 14.7.